The molecule has 1 amide bonds. The summed E-state index contributed by atoms with van der Waals surface area (Å²) in [5.41, 5.74) is 5.69. The minimum absolute atomic E-state index is 0.0828. The zero-order valence-electron chi connectivity index (χ0n) is 9.84. The smallest absolute Gasteiger partial charge is 0.223 e. The molecule has 0 aromatic carbocycles. The first-order valence-corrected chi connectivity index (χ1v) is 5.49. The van der Waals surface area contributed by atoms with Gasteiger partial charge in [0.25, 0.3) is 0 Å². The molecule has 1 rings (SSSR count). The van der Waals surface area contributed by atoms with E-state index in [1.165, 1.54) is 0 Å². The van der Waals surface area contributed by atoms with Crippen LogP contribution in [0.5, 0.6) is 0 Å². The van der Waals surface area contributed by atoms with Crippen LogP contribution in [0.1, 0.15) is 33.6 Å². The SMILES string of the molecule is CC(C)(C)C(N)=NCCNC(=O)C1CC1. The summed E-state index contributed by atoms with van der Waals surface area (Å²) in [6.07, 6.45) is 2.08. The monoisotopic (exact) mass is 211 g/mol. The molecular weight excluding hydrogens is 190 g/mol. The highest BCUT2D eigenvalue weighted by molar-refractivity contribution is 5.85. The van der Waals surface area contributed by atoms with E-state index < -0.39 is 0 Å². The highest BCUT2D eigenvalue weighted by Crippen LogP contribution is 2.28. The van der Waals surface area contributed by atoms with Crippen LogP contribution in [-0.4, -0.2) is 24.8 Å². The largest absolute Gasteiger partial charge is 0.387 e. The zero-order chi connectivity index (χ0) is 11.5. The number of aliphatic imine (C=N–C) groups is 1. The molecule has 0 bridgehead atoms. The Bertz CT molecular complexity index is 261. The van der Waals surface area contributed by atoms with Gasteiger partial charge in [0.2, 0.25) is 5.91 Å². The fourth-order valence-corrected chi connectivity index (χ4v) is 1.08. The van der Waals surface area contributed by atoms with E-state index in [4.69, 9.17) is 5.73 Å². The number of carbonyl (C=O) groups excluding carboxylic acids is 1. The lowest BCUT2D eigenvalue weighted by Gasteiger charge is -2.17. The number of hydrogen-bond acceptors (Lipinski definition) is 2. The third-order valence-electron chi connectivity index (χ3n) is 2.41. The Morgan fingerprint density at radius 1 is 1.47 bits per heavy atom. The van der Waals surface area contributed by atoms with Gasteiger partial charge in [-0.15, -0.1) is 0 Å². The molecule has 15 heavy (non-hydrogen) atoms. The lowest BCUT2D eigenvalue weighted by molar-refractivity contribution is -0.122. The first-order chi connectivity index (χ1) is 6.91. The normalized spacial score (nSPS) is 17.7. The minimum atomic E-state index is -0.0828. The first kappa shape index (κ1) is 12.0. The Kier molecular flexibility index (Phi) is 3.72. The second-order valence-corrected chi connectivity index (χ2v) is 5.08. The van der Waals surface area contributed by atoms with Gasteiger partial charge in [0.05, 0.1) is 12.4 Å². The highest BCUT2D eigenvalue weighted by atomic mass is 16.2. The maximum Gasteiger partial charge on any atom is 0.223 e. The summed E-state index contributed by atoms with van der Waals surface area (Å²) in [5, 5.41) is 2.85. The number of nitrogens with zero attached hydrogens (tertiary/aromatic N) is 1. The van der Waals surface area contributed by atoms with Crippen molar-refractivity contribution in [2.75, 3.05) is 13.1 Å². The summed E-state index contributed by atoms with van der Waals surface area (Å²) < 4.78 is 0. The van der Waals surface area contributed by atoms with E-state index in [0.717, 1.165) is 12.8 Å². The summed E-state index contributed by atoms with van der Waals surface area (Å²) in [4.78, 5) is 15.5. The maximum absolute atomic E-state index is 11.3. The quantitative estimate of drug-likeness (QED) is 0.412. The number of rotatable bonds is 4. The lowest BCUT2D eigenvalue weighted by atomic mass is 9.95. The third kappa shape index (κ3) is 4.32. The predicted molar refractivity (Wildman–Crippen MR) is 61.7 cm³/mol. The summed E-state index contributed by atoms with van der Waals surface area (Å²) >= 11 is 0. The molecule has 0 spiro atoms. The van der Waals surface area contributed by atoms with E-state index in [-0.39, 0.29) is 17.2 Å². The van der Waals surface area contributed by atoms with Crippen LogP contribution in [0.4, 0.5) is 0 Å². The molecule has 0 radical (unpaired) electrons. The van der Waals surface area contributed by atoms with Gasteiger partial charge in [0.15, 0.2) is 0 Å². The fraction of sp³-hybridized carbons (Fsp3) is 0.818. The summed E-state index contributed by atoms with van der Waals surface area (Å²) in [6.45, 7) is 7.23. The molecule has 0 unspecified atom stereocenters. The summed E-state index contributed by atoms with van der Waals surface area (Å²) in [7, 11) is 0. The topological polar surface area (TPSA) is 67.5 Å². The fourth-order valence-electron chi connectivity index (χ4n) is 1.08. The number of nitrogens with two attached hydrogens (primary N) is 1. The number of carbonyl (C=O) groups is 1. The van der Waals surface area contributed by atoms with E-state index in [0.29, 0.717) is 18.9 Å². The van der Waals surface area contributed by atoms with Crippen LogP contribution in [0.25, 0.3) is 0 Å². The Morgan fingerprint density at radius 2 is 2.07 bits per heavy atom. The molecule has 0 aromatic heterocycles. The van der Waals surface area contributed by atoms with Crippen molar-refractivity contribution in [1.29, 1.82) is 0 Å². The van der Waals surface area contributed by atoms with Crippen molar-refractivity contribution in [3.8, 4) is 0 Å². The zero-order valence-corrected chi connectivity index (χ0v) is 9.84. The third-order valence-corrected chi connectivity index (χ3v) is 2.41. The molecule has 0 atom stereocenters. The van der Waals surface area contributed by atoms with Gasteiger partial charge in [0, 0.05) is 17.9 Å². The van der Waals surface area contributed by atoms with Gasteiger partial charge in [-0.1, -0.05) is 20.8 Å². The average Bonchev–Trinajstić information content (AvgIpc) is 2.92. The van der Waals surface area contributed by atoms with Crippen LogP contribution in [0.15, 0.2) is 4.99 Å². The molecule has 1 saturated carbocycles. The van der Waals surface area contributed by atoms with Crippen LogP contribution in [0.3, 0.4) is 0 Å². The van der Waals surface area contributed by atoms with Gasteiger partial charge < -0.3 is 11.1 Å². The molecule has 86 valence electrons. The van der Waals surface area contributed by atoms with E-state index in [2.05, 4.69) is 10.3 Å². The molecule has 1 aliphatic carbocycles. The molecule has 0 aromatic rings. The van der Waals surface area contributed by atoms with Crippen LogP contribution < -0.4 is 11.1 Å². The van der Waals surface area contributed by atoms with Crippen molar-refractivity contribution in [2.24, 2.45) is 22.1 Å². The van der Waals surface area contributed by atoms with Gasteiger partial charge in [-0.25, -0.2) is 0 Å². The lowest BCUT2D eigenvalue weighted by Crippen LogP contribution is -2.31. The van der Waals surface area contributed by atoms with Crippen LogP contribution in [-0.2, 0) is 4.79 Å². The first-order valence-electron chi connectivity index (χ1n) is 5.49. The Hall–Kier alpha value is -1.06. The van der Waals surface area contributed by atoms with E-state index in [1.807, 2.05) is 20.8 Å². The molecule has 4 nitrogen and oxygen atoms in total. The molecule has 0 heterocycles. The number of nitrogens with one attached hydrogen (secondary N) is 1. The van der Waals surface area contributed by atoms with Crippen molar-refractivity contribution < 1.29 is 4.79 Å². The number of amides is 1. The molecule has 3 N–H and O–H groups in total. The average molecular weight is 211 g/mol. The second-order valence-electron chi connectivity index (χ2n) is 5.08. The molecule has 1 fully saturated rings. The number of amidine groups is 1. The van der Waals surface area contributed by atoms with Crippen LogP contribution >= 0.6 is 0 Å². The van der Waals surface area contributed by atoms with Crippen LogP contribution in [0, 0.1) is 11.3 Å². The van der Waals surface area contributed by atoms with Crippen molar-refractivity contribution in [3.63, 3.8) is 0 Å². The van der Waals surface area contributed by atoms with Gasteiger partial charge in [-0.2, -0.15) is 0 Å². The van der Waals surface area contributed by atoms with Gasteiger partial charge in [0.1, 0.15) is 0 Å². The minimum Gasteiger partial charge on any atom is -0.387 e. The van der Waals surface area contributed by atoms with E-state index >= 15 is 0 Å². The van der Waals surface area contributed by atoms with Crippen molar-refractivity contribution in [2.45, 2.75) is 33.6 Å². The van der Waals surface area contributed by atoms with E-state index in [1.54, 1.807) is 0 Å². The summed E-state index contributed by atoms with van der Waals surface area (Å²) in [6, 6.07) is 0. The van der Waals surface area contributed by atoms with Crippen molar-refractivity contribution in [1.82, 2.24) is 5.32 Å². The maximum atomic E-state index is 11.3. The van der Waals surface area contributed by atoms with Crippen molar-refractivity contribution in [3.05, 3.63) is 0 Å². The van der Waals surface area contributed by atoms with Gasteiger partial charge in [-0.05, 0) is 12.8 Å². The molecule has 0 saturated heterocycles. The second kappa shape index (κ2) is 4.64. The van der Waals surface area contributed by atoms with Crippen LogP contribution in [0.2, 0.25) is 0 Å². The Morgan fingerprint density at radius 3 is 2.53 bits per heavy atom. The highest BCUT2D eigenvalue weighted by Gasteiger charge is 2.28. The van der Waals surface area contributed by atoms with Gasteiger partial charge >= 0.3 is 0 Å². The van der Waals surface area contributed by atoms with Crippen molar-refractivity contribution >= 4 is 11.7 Å². The standard InChI is InChI=1S/C11H21N3O/c1-11(2,3)10(12)14-7-6-13-9(15)8-4-5-8/h8H,4-7H2,1-3H3,(H2,12,14)(H,13,15). The van der Waals surface area contributed by atoms with E-state index in [9.17, 15) is 4.79 Å². The molecule has 0 aliphatic heterocycles. The Balaban J connectivity index is 2.17. The van der Waals surface area contributed by atoms with Gasteiger partial charge in [-0.3, -0.25) is 9.79 Å². The number of hydrogen-bond donors (Lipinski definition) is 2. The molecule has 1 aliphatic rings. The summed E-state index contributed by atoms with van der Waals surface area (Å²) in [5.74, 6) is 1.08. The Labute approximate surface area is 91.3 Å². The molecule has 4 heteroatoms. The predicted octanol–water partition coefficient (Wildman–Crippen LogP) is 0.916. The molecular formula is C11H21N3O.